The van der Waals surface area contributed by atoms with E-state index in [-0.39, 0.29) is 12.5 Å². The lowest BCUT2D eigenvalue weighted by Gasteiger charge is -1.99. The quantitative estimate of drug-likeness (QED) is 0.813. The lowest BCUT2D eigenvalue weighted by Crippen LogP contribution is -2.22. The summed E-state index contributed by atoms with van der Waals surface area (Å²) in [6.45, 7) is 0.294. The molecule has 0 spiro atoms. The van der Waals surface area contributed by atoms with Crippen LogP contribution in [0, 0.1) is 11.8 Å². The molecule has 0 fully saturated rings. The van der Waals surface area contributed by atoms with Gasteiger partial charge in [-0.2, -0.15) is 0 Å². The molecule has 1 amide bonds. The summed E-state index contributed by atoms with van der Waals surface area (Å²) in [5, 5.41) is 13.3. The molecule has 2 N–H and O–H groups in total. The summed E-state index contributed by atoms with van der Waals surface area (Å²) in [5.41, 5.74) is 1.25. The van der Waals surface area contributed by atoms with Crippen molar-refractivity contribution in [2.24, 2.45) is 7.05 Å². The molecule has 2 aromatic heterocycles. The van der Waals surface area contributed by atoms with Gasteiger partial charge in [0.25, 0.3) is 5.91 Å². The molecule has 2 rings (SSSR count). The predicted octanol–water partition coefficient (Wildman–Crippen LogP) is 0.755. The molecule has 0 unspecified atom stereocenters. The molecule has 6 heteroatoms. The van der Waals surface area contributed by atoms with Crippen molar-refractivity contribution in [2.45, 2.75) is 6.54 Å². The zero-order valence-electron chi connectivity index (χ0n) is 10.4. The van der Waals surface area contributed by atoms with Crippen molar-refractivity contribution in [2.75, 3.05) is 6.61 Å². The van der Waals surface area contributed by atoms with Gasteiger partial charge in [0, 0.05) is 29.1 Å². The van der Waals surface area contributed by atoms with Gasteiger partial charge in [-0.3, -0.25) is 4.79 Å². The predicted molar refractivity (Wildman–Crippen MR) is 72.7 cm³/mol. The Bertz CT molecular complexity index is 634. The van der Waals surface area contributed by atoms with Gasteiger partial charge in [-0.05, 0) is 6.07 Å². The van der Waals surface area contributed by atoms with Crippen molar-refractivity contribution in [1.82, 2.24) is 14.9 Å². The van der Waals surface area contributed by atoms with Crippen LogP contribution in [0.4, 0.5) is 0 Å². The zero-order chi connectivity index (χ0) is 13.7. The Kier molecular flexibility index (Phi) is 4.34. The number of nitrogens with one attached hydrogen (secondary N) is 1. The lowest BCUT2D eigenvalue weighted by atomic mass is 10.3. The van der Waals surface area contributed by atoms with Crippen molar-refractivity contribution in [3.8, 4) is 11.8 Å². The van der Waals surface area contributed by atoms with Gasteiger partial charge < -0.3 is 15.0 Å². The molecule has 2 aromatic rings. The third kappa shape index (κ3) is 3.68. The number of rotatable bonds is 3. The van der Waals surface area contributed by atoms with E-state index in [0.29, 0.717) is 12.2 Å². The fourth-order valence-corrected chi connectivity index (χ4v) is 2.22. The minimum absolute atomic E-state index is 0.151. The van der Waals surface area contributed by atoms with Crippen LogP contribution >= 0.6 is 11.3 Å². The standard InChI is InChI=1S/C13H13N3O2S/c1-16-7-12(15-9-16)13(18)14-6-11-5-10(8-19-11)3-2-4-17/h5,7-9,17H,4,6H2,1H3,(H,14,18). The monoisotopic (exact) mass is 275 g/mol. The van der Waals surface area contributed by atoms with E-state index >= 15 is 0 Å². The first-order valence-electron chi connectivity index (χ1n) is 5.62. The third-order valence-corrected chi connectivity index (χ3v) is 3.26. The molecular weight excluding hydrogens is 262 g/mol. The van der Waals surface area contributed by atoms with Crippen LogP contribution < -0.4 is 5.32 Å². The third-order valence-electron chi connectivity index (χ3n) is 2.33. The van der Waals surface area contributed by atoms with E-state index in [9.17, 15) is 4.79 Å². The average Bonchev–Trinajstić information content (AvgIpc) is 3.02. The maximum absolute atomic E-state index is 11.8. The number of hydrogen-bond donors (Lipinski definition) is 2. The number of imidazole rings is 1. The van der Waals surface area contributed by atoms with Gasteiger partial charge in [-0.1, -0.05) is 11.8 Å². The first-order chi connectivity index (χ1) is 9.19. The molecule has 0 radical (unpaired) electrons. The number of thiophene rings is 1. The van der Waals surface area contributed by atoms with E-state index in [1.807, 2.05) is 18.5 Å². The maximum atomic E-state index is 11.8. The van der Waals surface area contributed by atoms with Crippen LogP contribution in [-0.4, -0.2) is 27.2 Å². The Hall–Kier alpha value is -2.10. The second kappa shape index (κ2) is 6.18. The minimum atomic E-state index is -0.197. The molecule has 19 heavy (non-hydrogen) atoms. The number of nitrogens with zero attached hydrogens (tertiary/aromatic N) is 2. The van der Waals surface area contributed by atoms with E-state index < -0.39 is 0 Å². The largest absolute Gasteiger partial charge is 0.384 e. The number of aliphatic hydroxyl groups excluding tert-OH is 1. The van der Waals surface area contributed by atoms with Gasteiger partial charge in [0.1, 0.15) is 12.3 Å². The minimum Gasteiger partial charge on any atom is -0.384 e. The second-order valence-corrected chi connectivity index (χ2v) is 4.86. The van der Waals surface area contributed by atoms with Crippen molar-refractivity contribution >= 4 is 17.2 Å². The van der Waals surface area contributed by atoms with Crippen LogP contribution in [0.25, 0.3) is 0 Å². The number of carbonyl (C=O) groups is 1. The topological polar surface area (TPSA) is 67.2 Å². The first-order valence-corrected chi connectivity index (χ1v) is 6.50. The Morgan fingerprint density at radius 2 is 2.47 bits per heavy atom. The zero-order valence-corrected chi connectivity index (χ0v) is 11.2. The number of aliphatic hydroxyl groups is 1. The van der Waals surface area contributed by atoms with Crippen molar-refractivity contribution in [1.29, 1.82) is 0 Å². The number of carbonyl (C=O) groups excluding carboxylic acids is 1. The Labute approximate surface area is 114 Å². The molecule has 0 saturated carbocycles. The molecule has 5 nitrogen and oxygen atoms in total. The van der Waals surface area contributed by atoms with Crippen LogP contribution in [0.5, 0.6) is 0 Å². The van der Waals surface area contributed by atoms with E-state index in [1.54, 1.807) is 17.1 Å². The van der Waals surface area contributed by atoms with E-state index in [1.165, 1.54) is 11.3 Å². The molecule has 0 aromatic carbocycles. The maximum Gasteiger partial charge on any atom is 0.271 e. The lowest BCUT2D eigenvalue weighted by molar-refractivity contribution is 0.0946. The first kappa shape index (κ1) is 13.3. The fourth-order valence-electron chi connectivity index (χ4n) is 1.47. The van der Waals surface area contributed by atoms with Crippen LogP contribution in [0.1, 0.15) is 20.9 Å². The summed E-state index contributed by atoms with van der Waals surface area (Å²) in [6.07, 6.45) is 3.25. The molecular formula is C13H13N3O2S. The Balaban J connectivity index is 1.92. The average molecular weight is 275 g/mol. The summed E-state index contributed by atoms with van der Waals surface area (Å²) >= 11 is 1.52. The molecule has 0 aliphatic rings. The van der Waals surface area contributed by atoms with Gasteiger partial charge in [-0.25, -0.2) is 4.98 Å². The Morgan fingerprint density at radius 1 is 1.63 bits per heavy atom. The molecule has 0 aliphatic carbocycles. The van der Waals surface area contributed by atoms with E-state index in [2.05, 4.69) is 22.1 Å². The van der Waals surface area contributed by atoms with Gasteiger partial charge in [-0.15, -0.1) is 11.3 Å². The highest BCUT2D eigenvalue weighted by Crippen LogP contribution is 2.13. The van der Waals surface area contributed by atoms with Gasteiger partial charge in [0.2, 0.25) is 0 Å². The van der Waals surface area contributed by atoms with Crippen molar-refractivity contribution in [3.05, 3.63) is 40.1 Å². The normalized spacial score (nSPS) is 9.79. The molecule has 0 atom stereocenters. The fraction of sp³-hybridized carbons (Fsp3) is 0.231. The summed E-state index contributed by atoms with van der Waals surface area (Å²) in [5.74, 6) is 5.21. The molecule has 0 aliphatic heterocycles. The molecule has 0 bridgehead atoms. The van der Waals surface area contributed by atoms with Crippen molar-refractivity contribution in [3.63, 3.8) is 0 Å². The highest BCUT2D eigenvalue weighted by atomic mass is 32.1. The Morgan fingerprint density at radius 3 is 3.16 bits per heavy atom. The van der Waals surface area contributed by atoms with Crippen LogP contribution in [-0.2, 0) is 13.6 Å². The van der Waals surface area contributed by atoms with E-state index in [0.717, 1.165) is 10.4 Å². The second-order valence-electron chi connectivity index (χ2n) is 3.87. The summed E-state index contributed by atoms with van der Waals surface area (Å²) in [6, 6.07) is 1.89. The van der Waals surface area contributed by atoms with Gasteiger partial charge in [0.05, 0.1) is 12.9 Å². The van der Waals surface area contributed by atoms with Crippen LogP contribution in [0.2, 0.25) is 0 Å². The van der Waals surface area contributed by atoms with Crippen LogP contribution in [0.15, 0.2) is 24.0 Å². The highest BCUT2D eigenvalue weighted by molar-refractivity contribution is 7.10. The molecule has 0 saturated heterocycles. The van der Waals surface area contributed by atoms with Gasteiger partial charge >= 0.3 is 0 Å². The number of hydrogen-bond acceptors (Lipinski definition) is 4. The number of amides is 1. The number of aromatic nitrogens is 2. The number of aryl methyl sites for hydroxylation is 1. The van der Waals surface area contributed by atoms with Crippen LogP contribution in [0.3, 0.4) is 0 Å². The summed E-state index contributed by atoms with van der Waals surface area (Å²) in [4.78, 5) is 16.8. The van der Waals surface area contributed by atoms with Crippen molar-refractivity contribution < 1.29 is 9.90 Å². The summed E-state index contributed by atoms with van der Waals surface area (Å²) < 4.78 is 1.72. The summed E-state index contributed by atoms with van der Waals surface area (Å²) in [7, 11) is 1.81. The highest BCUT2D eigenvalue weighted by Gasteiger charge is 2.08. The molecule has 98 valence electrons. The van der Waals surface area contributed by atoms with Gasteiger partial charge in [0.15, 0.2) is 0 Å². The smallest absolute Gasteiger partial charge is 0.271 e. The molecule has 2 heterocycles. The SMILES string of the molecule is Cn1cnc(C(=O)NCc2cc(C#CCO)cs2)c1. The van der Waals surface area contributed by atoms with E-state index in [4.69, 9.17) is 5.11 Å².